The minimum atomic E-state index is -0.968. The molecule has 0 spiro atoms. The van der Waals surface area contributed by atoms with Gasteiger partial charge in [0.2, 0.25) is 0 Å². The fourth-order valence-corrected chi connectivity index (χ4v) is 2.11. The van der Waals surface area contributed by atoms with E-state index in [1.807, 2.05) is 24.3 Å². The number of nitrogens with two attached hydrogens (primary N) is 1. The molecule has 104 valence electrons. The second-order valence-electron chi connectivity index (χ2n) is 4.90. The Morgan fingerprint density at radius 3 is 1.85 bits per heavy atom. The summed E-state index contributed by atoms with van der Waals surface area (Å²) in [5.74, 6) is -0.968. The van der Waals surface area contributed by atoms with Crippen LogP contribution in [0.5, 0.6) is 0 Å². The summed E-state index contributed by atoms with van der Waals surface area (Å²) in [6.45, 7) is 2.13. The summed E-state index contributed by atoms with van der Waals surface area (Å²) in [6.07, 6.45) is 1.39. The normalized spacial score (nSPS) is 12.1. The summed E-state index contributed by atoms with van der Waals surface area (Å²) >= 11 is 0. The maximum absolute atomic E-state index is 10.7. The molecule has 0 saturated carbocycles. The first-order valence-electron chi connectivity index (χ1n) is 6.76. The Hall–Kier alpha value is -2.13. The lowest BCUT2D eigenvalue weighted by atomic mass is 10.00. The predicted molar refractivity (Wildman–Crippen MR) is 80.6 cm³/mol. The number of carboxylic acids is 1. The van der Waals surface area contributed by atoms with Gasteiger partial charge in [0.1, 0.15) is 6.04 Å². The molecule has 0 aliphatic rings. The van der Waals surface area contributed by atoms with Crippen molar-refractivity contribution in [1.29, 1.82) is 0 Å². The summed E-state index contributed by atoms with van der Waals surface area (Å²) in [4.78, 5) is 10.7. The number of aryl methyl sites for hydroxylation is 1. The molecule has 20 heavy (non-hydrogen) atoms. The summed E-state index contributed by atoms with van der Waals surface area (Å²) in [7, 11) is 0. The molecule has 1 atom stereocenters. The van der Waals surface area contributed by atoms with Gasteiger partial charge in [-0.1, -0.05) is 55.5 Å². The van der Waals surface area contributed by atoms with Crippen LogP contribution in [0.15, 0.2) is 48.5 Å². The van der Waals surface area contributed by atoms with Crippen LogP contribution in [0.1, 0.15) is 18.1 Å². The Morgan fingerprint density at radius 1 is 1.00 bits per heavy atom. The minimum absolute atomic E-state index is 0.352. The number of benzene rings is 2. The average Bonchev–Trinajstić information content (AvgIpc) is 2.48. The summed E-state index contributed by atoms with van der Waals surface area (Å²) in [6, 6.07) is 15.5. The van der Waals surface area contributed by atoms with E-state index in [2.05, 4.69) is 31.2 Å². The first-order valence-corrected chi connectivity index (χ1v) is 6.76. The second-order valence-corrected chi connectivity index (χ2v) is 4.90. The molecule has 0 fully saturated rings. The Morgan fingerprint density at radius 2 is 1.45 bits per heavy atom. The molecule has 0 bridgehead atoms. The molecule has 2 rings (SSSR count). The Labute approximate surface area is 119 Å². The van der Waals surface area contributed by atoms with Crippen molar-refractivity contribution in [1.82, 2.24) is 0 Å². The van der Waals surface area contributed by atoms with Gasteiger partial charge in [-0.25, -0.2) is 0 Å². The Kier molecular flexibility index (Phi) is 4.53. The topological polar surface area (TPSA) is 63.3 Å². The molecule has 0 amide bonds. The van der Waals surface area contributed by atoms with Crippen LogP contribution in [0.3, 0.4) is 0 Å². The maximum Gasteiger partial charge on any atom is 0.320 e. The zero-order chi connectivity index (χ0) is 14.5. The van der Waals surface area contributed by atoms with Gasteiger partial charge in [-0.05, 0) is 35.1 Å². The van der Waals surface area contributed by atoms with Gasteiger partial charge in [-0.15, -0.1) is 0 Å². The third kappa shape index (κ3) is 3.45. The largest absolute Gasteiger partial charge is 0.480 e. The number of carbonyl (C=O) groups is 1. The monoisotopic (exact) mass is 269 g/mol. The van der Waals surface area contributed by atoms with Crippen LogP contribution in [0.4, 0.5) is 0 Å². The fraction of sp³-hybridized carbons (Fsp3) is 0.235. The standard InChI is InChI=1S/C17H19NO2/c1-2-12-3-7-14(8-4-12)15-9-5-13(6-10-15)11-16(18)17(19)20/h3-10,16H,2,11,18H2,1H3,(H,19,20)/t16-/m1/s1. The number of carboxylic acid groups (broad SMARTS) is 1. The van der Waals surface area contributed by atoms with Crippen LogP contribution in [-0.4, -0.2) is 17.1 Å². The Bertz CT molecular complexity index is 573. The highest BCUT2D eigenvalue weighted by atomic mass is 16.4. The molecule has 3 heteroatoms. The van der Waals surface area contributed by atoms with Gasteiger partial charge in [-0.3, -0.25) is 4.79 Å². The van der Waals surface area contributed by atoms with E-state index in [0.29, 0.717) is 6.42 Å². The Balaban J connectivity index is 2.12. The smallest absolute Gasteiger partial charge is 0.320 e. The molecule has 0 heterocycles. The van der Waals surface area contributed by atoms with Crippen LogP contribution in [0.2, 0.25) is 0 Å². The lowest BCUT2D eigenvalue weighted by Crippen LogP contribution is -2.32. The van der Waals surface area contributed by atoms with Crippen molar-refractivity contribution in [2.45, 2.75) is 25.8 Å². The van der Waals surface area contributed by atoms with Crippen LogP contribution >= 0.6 is 0 Å². The lowest BCUT2D eigenvalue weighted by molar-refractivity contribution is -0.138. The van der Waals surface area contributed by atoms with Crippen molar-refractivity contribution < 1.29 is 9.90 Å². The van der Waals surface area contributed by atoms with E-state index >= 15 is 0 Å². The van der Waals surface area contributed by atoms with E-state index < -0.39 is 12.0 Å². The SMILES string of the molecule is CCc1ccc(-c2ccc(C[C@@H](N)C(=O)O)cc2)cc1. The molecule has 0 aromatic heterocycles. The second kappa shape index (κ2) is 6.35. The van der Waals surface area contributed by atoms with Gasteiger partial charge >= 0.3 is 5.97 Å². The average molecular weight is 269 g/mol. The van der Waals surface area contributed by atoms with E-state index in [-0.39, 0.29) is 0 Å². The third-order valence-electron chi connectivity index (χ3n) is 3.42. The zero-order valence-electron chi connectivity index (χ0n) is 11.5. The van der Waals surface area contributed by atoms with Crippen molar-refractivity contribution in [3.63, 3.8) is 0 Å². The van der Waals surface area contributed by atoms with Crippen molar-refractivity contribution in [3.05, 3.63) is 59.7 Å². The molecule has 0 saturated heterocycles. The molecule has 3 N–H and O–H groups in total. The van der Waals surface area contributed by atoms with Gasteiger partial charge < -0.3 is 10.8 Å². The van der Waals surface area contributed by atoms with Crippen molar-refractivity contribution in [3.8, 4) is 11.1 Å². The molecule has 3 nitrogen and oxygen atoms in total. The van der Waals surface area contributed by atoms with E-state index in [4.69, 9.17) is 10.8 Å². The highest BCUT2D eigenvalue weighted by Gasteiger charge is 2.11. The van der Waals surface area contributed by atoms with E-state index in [9.17, 15) is 4.79 Å². The molecular formula is C17H19NO2. The highest BCUT2D eigenvalue weighted by Crippen LogP contribution is 2.21. The molecule has 0 aliphatic carbocycles. The highest BCUT2D eigenvalue weighted by molar-refractivity contribution is 5.73. The van der Waals surface area contributed by atoms with E-state index in [0.717, 1.165) is 23.1 Å². The first kappa shape index (κ1) is 14.3. The fourth-order valence-electron chi connectivity index (χ4n) is 2.11. The van der Waals surface area contributed by atoms with Crippen LogP contribution in [-0.2, 0) is 17.6 Å². The van der Waals surface area contributed by atoms with Gasteiger partial charge in [-0.2, -0.15) is 0 Å². The number of hydrogen-bond acceptors (Lipinski definition) is 2. The summed E-state index contributed by atoms with van der Waals surface area (Å²) in [5, 5.41) is 8.80. The van der Waals surface area contributed by atoms with Gasteiger partial charge in [0.25, 0.3) is 0 Å². The molecule has 2 aromatic carbocycles. The molecule has 2 aromatic rings. The molecule has 0 unspecified atom stereocenters. The van der Waals surface area contributed by atoms with Crippen molar-refractivity contribution >= 4 is 5.97 Å². The molecule has 0 aliphatic heterocycles. The van der Waals surface area contributed by atoms with Crippen molar-refractivity contribution in [2.24, 2.45) is 5.73 Å². The van der Waals surface area contributed by atoms with E-state index in [1.54, 1.807) is 0 Å². The van der Waals surface area contributed by atoms with Crippen LogP contribution in [0, 0.1) is 0 Å². The summed E-state index contributed by atoms with van der Waals surface area (Å²) in [5.41, 5.74) is 10.1. The van der Waals surface area contributed by atoms with E-state index in [1.165, 1.54) is 5.56 Å². The lowest BCUT2D eigenvalue weighted by Gasteiger charge is -2.08. The van der Waals surface area contributed by atoms with Gasteiger partial charge in [0.05, 0.1) is 0 Å². The number of hydrogen-bond donors (Lipinski definition) is 2. The quantitative estimate of drug-likeness (QED) is 0.877. The predicted octanol–water partition coefficient (Wildman–Crippen LogP) is 2.87. The van der Waals surface area contributed by atoms with Crippen molar-refractivity contribution in [2.75, 3.05) is 0 Å². The zero-order valence-corrected chi connectivity index (χ0v) is 11.5. The third-order valence-corrected chi connectivity index (χ3v) is 3.42. The number of aliphatic carboxylic acids is 1. The van der Waals surface area contributed by atoms with Gasteiger partial charge in [0, 0.05) is 0 Å². The minimum Gasteiger partial charge on any atom is -0.480 e. The molecular weight excluding hydrogens is 250 g/mol. The first-order chi connectivity index (χ1) is 9.60. The van der Waals surface area contributed by atoms with Crippen LogP contribution in [0.25, 0.3) is 11.1 Å². The molecule has 0 radical (unpaired) electrons. The van der Waals surface area contributed by atoms with Gasteiger partial charge in [0.15, 0.2) is 0 Å². The summed E-state index contributed by atoms with van der Waals surface area (Å²) < 4.78 is 0. The maximum atomic E-state index is 10.7. The number of rotatable bonds is 5. The van der Waals surface area contributed by atoms with Crippen LogP contribution < -0.4 is 5.73 Å².